The number of rotatable bonds is 1. The highest BCUT2D eigenvalue weighted by molar-refractivity contribution is 5.38. The Kier molecular flexibility index (Phi) is 14.8. The maximum atomic E-state index is 2.31. The molecule has 112 valence electrons. The summed E-state index contributed by atoms with van der Waals surface area (Å²) < 4.78 is 0. The molecule has 1 aliphatic rings. The Balaban J connectivity index is 0. The van der Waals surface area contributed by atoms with Crippen molar-refractivity contribution in [2.45, 2.75) is 87.0 Å². The maximum absolute atomic E-state index is 2.31. The van der Waals surface area contributed by atoms with E-state index in [1.54, 1.807) is 11.1 Å². The molecule has 0 spiro atoms. The summed E-state index contributed by atoms with van der Waals surface area (Å²) >= 11 is 0. The SMILES string of the molecule is CC.CC.CC.CCC1CCCc2cccc(C)c21. The van der Waals surface area contributed by atoms with Crippen LogP contribution in [0.15, 0.2) is 18.2 Å². The van der Waals surface area contributed by atoms with Crippen LogP contribution in [0.25, 0.3) is 0 Å². The summed E-state index contributed by atoms with van der Waals surface area (Å²) in [6.07, 6.45) is 5.38. The first-order valence-corrected chi connectivity index (χ1v) is 8.41. The van der Waals surface area contributed by atoms with E-state index in [1.807, 2.05) is 41.5 Å². The molecule has 1 unspecified atom stereocenters. The van der Waals surface area contributed by atoms with E-state index in [4.69, 9.17) is 0 Å². The fourth-order valence-electron chi connectivity index (χ4n) is 2.64. The third-order valence-electron chi connectivity index (χ3n) is 3.31. The largest absolute Gasteiger partial charge is 0.0683 e. The number of hydrogen-bond acceptors (Lipinski definition) is 0. The van der Waals surface area contributed by atoms with Gasteiger partial charge < -0.3 is 0 Å². The molecule has 0 saturated carbocycles. The van der Waals surface area contributed by atoms with Gasteiger partial charge in [0.25, 0.3) is 0 Å². The van der Waals surface area contributed by atoms with Gasteiger partial charge in [0.05, 0.1) is 0 Å². The predicted molar refractivity (Wildman–Crippen MR) is 91.2 cm³/mol. The quantitative estimate of drug-likeness (QED) is 0.517. The lowest BCUT2D eigenvalue weighted by Gasteiger charge is -2.26. The fourth-order valence-corrected chi connectivity index (χ4v) is 2.64. The van der Waals surface area contributed by atoms with Crippen molar-refractivity contribution < 1.29 is 0 Å². The highest BCUT2D eigenvalue weighted by Crippen LogP contribution is 2.35. The molecule has 0 heteroatoms. The fraction of sp³-hybridized carbons (Fsp3) is 0.684. The van der Waals surface area contributed by atoms with Crippen LogP contribution in [-0.2, 0) is 6.42 Å². The third kappa shape index (κ3) is 6.27. The van der Waals surface area contributed by atoms with Gasteiger partial charge in [0, 0.05) is 0 Å². The molecule has 0 fully saturated rings. The normalized spacial score (nSPS) is 15.5. The Morgan fingerprint density at radius 2 is 1.58 bits per heavy atom. The Bertz CT molecular complexity index is 299. The molecule has 0 heterocycles. The van der Waals surface area contributed by atoms with E-state index in [-0.39, 0.29) is 0 Å². The monoisotopic (exact) mass is 264 g/mol. The first-order valence-electron chi connectivity index (χ1n) is 8.41. The van der Waals surface area contributed by atoms with Crippen molar-refractivity contribution >= 4 is 0 Å². The number of aryl methyl sites for hydroxylation is 2. The maximum Gasteiger partial charge on any atom is -0.0159 e. The minimum Gasteiger partial charge on any atom is -0.0683 e. The van der Waals surface area contributed by atoms with Crippen molar-refractivity contribution in [1.29, 1.82) is 0 Å². The molecule has 0 aromatic heterocycles. The lowest BCUT2D eigenvalue weighted by atomic mass is 9.79. The smallest absolute Gasteiger partial charge is 0.0159 e. The van der Waals surface area contributed by atoms with Crippen molar-refractivity contribution in [3.63, 3.8) is 0 Å². The van der Waals surface area contributed by atoms with Crippen molar-refractivity contribution in [2.24, 2.45) is 0 Å². The predicted octanol–water partition coefficient (Wildman–Crippen LogP) is 6.90. The molecule has 0 amide bonds. The van der Waals surface area contributed by atoms with E-state index in [1.165, 1.54) is 31.2 Å². The molecule has 0 saturated heterocycles. The van der Waals surface area contributed by atoms with Gasteiger partial charge in [-0.1, -0.05) is 66.7 Å². The lowest BCUT2D eigenvalue weighted by Crippen LogP contribution is -2.10. The second-order valence-corrected chi connectivity index (χ2v) is 4.15. The number of fused-ring (bicyclic) bond motifs is 1. The van der Waals surface area contributed by atoms with E-state index < -0.39 is 0 Å². The summed E-state index contributed by atoms with van der Waals surface area (Å²) in [5, 5.41) is 0. The van der Waals surface area contributed by atoms with Gasteiger partial charge in [0.1, 0.15) is 0 Å². The van der Waals surface area contributed by atoms with E-state index in [0.29, 0.717) is 0 Å². The van der Waals surface area contributed by atoms with Crippen LogP contribution in [0.3, 0.4) is 0 Å². The van der Waals surface area contributed by atoms with Gasteiger partial charge in [0.2, 0.25) is 0 Å². The standard InChI is InChI=1S/C13H18.3C2H6/c1-3-11-7-5-9-12-8-4-6-10(2)13(11)12;3*1-2/h4,6,8,11H,3,5,7,9H2,1-2H3;3*1-2H3. The van der Waals surface area contributed by atoms with E-state index in [9.17, 15) is 0 Å². The van der Waals surface area contributed by atoms with Crippen LogP contribution >= 0.6 is 0 Å². The van der Waals surface area contributed by atoms with Gasteiger partial charge in [-0.15, -0.1) is 0 Å². The van der Waals surface area contributed by atoms with Crippen LogP contribution < -0.4 is 0 Å². The summed E-state index contributed by atoms with van der Waals surface area (Å²) in [6, 6.07) is 6.77. The average Bonchev–Trinajstić information content (AvgIpc) is 2.53. The zero-order chi connectivity index (χ0) is 15.3. The second kappa shape index (κ2) is 13.6. The molecule has 1 aromatic rings. The molecular weight excluding hydrogens is 228 g/mol. The van der Waals surface area contributed by atoms with Crippen LogP contribution in [0.1, 0.15) is 90.3 Å². The van der Waals surface area contributed by atoms with E-state index >= 15 is 0 Å². The number of benzene rings is 1. The summed E-state index contributed by atoms with van der Waals surface area (Å²) in [6.45, 7) is 16.6. The Labute approximate surface area is 122 Å². The molecule has 1 aromatic carbocycles. The molecule has 1 aliphatic carbocycles. The van der Waals surface area contributed by atoms with Gasteiger partial charge in [-0.25, -0.2) is 0 Å². The average molecular weight is 264 g/mol. The summed E-state index contributed by atoms with van der Waals surface area (Å²) in [5.41, 5.74) is 4.78. The molecule has 0 radical (unpaired) electrons. The topological polar surface area (TPSA) is 0 Å². The lowest BCUT2D eigenvalue weighted by molar-refractivity contribution is 0.537. The van der Waals surface area contributed by atoms with Crippen LogP contribution in [-0.4, -0.2) is 0 Å². The minimum atomic E-state index is 0.838. The van der Waals surface area contributed by atoms with Crippen LogP contribution in [0.5, 0.6) is 0 Å². The first kappa shape index (κ1) is 20.5. The molecule has 0 N–H and O–H groups in total. The van der Waals surface area contributed by atoms with Gasteiger partial charge in [-0.3, -0.25) is 0 Å². The third-order valence-corrected chi connectivity index (χ3v) is 3.31. The number of hydrogen-bond donors (Lipinski definition) is 0. The van der Waals surface area contributed by atoms with Gasteiger partial charge >= 0.3 is 0 Å². The van der Waals surface area contributed by atoms with Gasteiger partial charge in [0.15, 0.2) is 0 Å². The Morgan fingerprint density at radius 3 is 2.11 bits per heavy atom. The molecule has 0 nitrogen and oxygen atoms in total. The zero-order valence-corrected chi connectivity index (χ0v) is 14.6. The Hall–Kier alpha value is -0.780. The first-order chi connectivity index (χ1) is 9.33. The Morgan fingerprint density at radius 1 is 1.00 bits per heavy atom. The van der Waals surface area contributed by atoms with Crippen molar-refractivity contribution in [3.8, 4) is 0 Å². The zero-order valence-electron chi connectivity index (χ0n) is 14.6. The van der Waals surface area contributed by atoms with E-state index in [2.05, 4.69) is 32.0 Å². The molecule has 1 atom stereocenters. The highest BCUT2D eigenvalue weighted by atomic mass is 14.2. The van der Waals surface area contributed by atoms with Crippen LogP contribution in [0.4, 0.5) is 0 Å². The minimum absolute atomic E-state index is 0.838. The van der Waals surface area contributed by atoms with Gasteiger partial charge in [-0.05, 0) is 55.2 Å². The van der Waals surface area contributed by atoms with Crippen LogP contribution in [0.2, 0.25) is 0 Å². The summed E-state index contributed by atoms with van der Waals surface area (Å²) in [4.78, 5) is 0. The molecule has 0 aliphatic heterocycles. The van der Waals surface area contributed by atoms with E-state index in [0.717, 1.165) is 5.92 Å². The van der Waals surface area contributed by atoms with Crippen LogP contribution in [0, 0.1) is 6.92 Å². The highest BCUT2D eigenvalue weighted by Gasteiger charge is 2.19. The van der Waals surface area contributed by atoms with Crippen molar-refractivity contribution in [3.05, 3.63) is 34.9 Å². The molecule has 0 bridgehead atoms. The summed E-state index contributed by atoms with van der Waals surface area (Å²) in [5.74, 6) is 0.838. The molecule has 2 rings (SSSR count). The molecule has 19 heavy (non-hydrogen) atoms. The summed E-state index contributed by atoms with van der Waals surface area (Å²) in [7, 11) is 0. The molecular formula is C19H36. The van der Waals surface area contributed by atoms with Gasteiger partial charge in [-0.2, -0.15) is 0 Å². The van der Waals surface area contributed by atoms with Crippen molar-refractivity contribution in [1.82, 2.24) is 0 Å². The van der Waals surface area contributed by atoms with Crippen molar-refractivity contribution in [2.75, 3.05) is 0 Å². The second-order valence-electron chi connectivity index (χ2n) is 4.15.